The Morgan fingerprint density at radius 3 is 2.75 bits per heavy atom. The fourth-order valence-electron chi connectivity index (χ4n) is 1.96. The van der Waals surface area contributed by atoms with Crippen molar-refractivity contribution in [3.05, 3.63) is 24.3 Å². The number of oxime groups is 1. The van der Waals surface area contributed by atoms with Crippen LogP contribution in [0.3, 0.4) is 0 Å². The van der Waals surface area contributed by atoms with E-state index < -0.39 is 0 Å². The summed E-state index contributed by atoms with van der Waals surface area (Å²) in [5, 5.41) is 11.6. The molecule has 5 heteroatoms. The van der Waals surface area contributed by atoms with Crippen molar-refractivity contribution in [2.75, 3.05) is 36.5 Å². The van der Waals surface area contributed by atoms with Crippen molar-refractivity contribution in [2.24, 2.45) is 10.9 Å². The highest BCUT2D eigenvalue weighted by atomic mass is 16.4. The van der Waals surface area contributed by atoms with E-state index in [4.69, 9.17) is 10.9 Å². The van der Waals surface area contributed by atoms with Crippen molar-refractivity contribution in [1.82, 2.24) is 0 Å². The third kappa shape index (κ3) is 1.88. The zero-order valence-electron chi connectivity index (χ0n) is 9.30. The van der Waals surface area contributed by atoms with E-state index in [1.807, 2.05) is 12.1 Å². The Morgan fingerprint density at radius 2 is 2.06 bits per heavy atom. The number of likely N-dealkylation sites (N-methyl/N-ethyl adjacent to an activating group) is 1. The Morgan fingerprint density at radius 1 is 1.38 bits per heavy atom. The summed E-state index contributed by atoms with van der Waals surface area (Å²) in [5.74, 6) is 0.236. The number of para-hydroxylation sites is 2. The van der Waals surface area contributed by atoms with Gasteiger partial charge in [0.25, 0.3) is 0 Å². The van der Waals surface area contributed by atoms with Gasteiger partial charge in [0.2, 0.25) is 0 Å². The van der Waals surface area contributed by atoms with Gasteiger partial charge >= 0.3 is 0 Å². The predicted octanol–water partition coefficient (Wildman–Crippen LogP) is 0.689. The average Bonchev–Trinajstić information content (AvgIpc) is 2.33. The van der Waals surface area contributed by atoms with Gasteiger partial charge in [0, 0.05) is 20.1 Å². The lowest BCUT2D eigenvalue weighted by molar-refractivity contribution is 0.317. The number of hydrogen-bond acceptors (Lipinski definition) is 4. The molecule has 1 heterocycles. The number of nitrogens with zero attached hydrogens (tertiary/aromatic N) is 3. The highest BCUT2D eigenvalue weighted by Crippen LogP contribution is 2.31. The lowest BCUT2D eigenvalue weighted by atomic mass is 10.2. The summed E-state index contributed by atoms with van der Waals surface area (Å²) in [7, 11) is 2.07. The lowest BCUT2D eigenvalue weighted by Crippen LogP contribution is -2.43. The fraction of sp³-hybridized carbons (Fsp3) is 0.364. The molecule has 16 heavy (non-hydrogen) atoms. The van der Waals surface area contributed by atoms with Crippen LogP contribution >= 0.6 is 0 Å². The Bertz CT molecular complexity index is 405. The second kappa shape index (κ2) is 4.30. The molecule has 1 aliphatic rings. The standard InChI is InChI=1S/C11H16N4O/c1-14-6-7-15(8-11(12)13-16)10-5-3-2-4-9(10)14/h2-5,16H,6-8H2,1H3,(H2,12,13). The number of rotatable bonds is 2. The van der Waals surface area contributed by atoms with Crippen LogP contribution in [-0.2, 0) is 0 Å². The molecule has 0 spiro atoms. The van der Waals surface area contributed by atoms with Crippen LogP contribution in [0.15, 0.2) is 29.4 Å². The maximum Gasteiger partial charge on any atom is 0.158 e. The molecule has 0 unspecified atom stereocenters. The SMILES string of the molecule is CN1CCN(CC(N)=NO)c2ccccc21. The molecule has 5 nitrogen and oxygen atoms in total. The van der Waals surface area contributed by atoms with Gasteiger partial charge in [0.05, 0.1) is 17.9 Å². The molecule has 0 aliphatic carbocycles. The molecule has 1 aromatic rings. The summed E-state index contributed by atoms with van der Waals surface area (Å²) in [4.78, 5) is 4.32. The van der Waals surface area contributed by atoms with E-state index in [0.29, 0.717) is 6.54 Å². The van der Waals surface area contributed by atoms with Gasteiger partial charge < -0.3 is 20.7 Å². The van der Waals surface area contributed by atoms with E-state index in [1.54, 1.807) is 0 Å². The normalized spacial score (nSPS) is 16.2. The van der Waals surface area contributed by atoms with Crippen molar-refractivity contribution < 1.29 is 5.21 Å². The van der Waals surface area contributed by atoms with E-state index in [2.05, 4.69) is 34.1 Å². The molecule has 0 fully saturated rings. The first-order valence-corrected chi connectivity index (χ1v) is 5.24. The van der Waals surface area contributed by atoms with Gasteiger partial charge in [0.1, 0.15) is 0 Å². The lowest BCUT2D eigenvalue weighted by Gasteiger charge is -2.36. The van der Waals surface area contributed by atoms with Crippen LogP contribution in [0.2, 0.25) is 0 Å². The summed E-state index contributed by atoms with van der Waals surface area (Å²) in [6.45, 7) is 2.28. The molecule has 3 N–H and O–H groups in total. The fourth-order valence-corrected chi connectivity index (χ4v) is 1.96. The zero-order chi connectivity index (χ0) is 11.5. The Hall–Kier alpha value is -1.91. The topological polar surface area (TPSA) is 65.1 Å². The molecule has 0 atom stereocenters. The number of fused-ring (bicyclic) bond motifs is 1. The minimum Gasteiger partial charge on any atom is -0.409 e. The number of nitrogens with two attached hydrogens (primary N) is 1. The van der Waals surface area contributed by atoms with E-state index in [-0.39, 0.29) is 5.84 Å². The third-order valence-corrected chi connectivity index (χ3v) is 2.82. The molecule has 1 aromatic carbocycles. The van der Waals surface area contributed by atoms with Crippen LogP contribution in [0.1, 0.15) is 0 Å². The molecule has 1 aliphatic heterocycles. The van der Waals surface area contributed by atoms with Crippen LogP contribution in [0, 0.1) is 0 Å². The van der Waals surface area contributed by atoms with Crippen LogP contribution in [0.4, 0.5) is 11.4 Å². The summed E-state index contributed by atoms with van der Waals surface area (Å²) in [5.41, 5.74) is 7.85. The molecule has 2 rings (SSSR count). The number of hydrogen-bond donors (Lipinski definition) is 2. The molecule has 86 valence electrons. The second-order valence-corrected chi connectivity index (χ2v) is 3.92. The van der Waals surface area contributed by atoms with Crippen molar-refractivity contribution in [1.29, 1.82) is 0 Å². The average molecular weight is 220 g/mol. The summed E-state index contributed by atoms with van der Waals surface area (Å²) in [6, 6.07) is 8.14. The van der Waals surface area contributed by atoms with Crippen LogP contribution < -0.4 is 15.5 Å². The quantitative estimate of drug-likeness (QED) is 0.333. The van der Waals surface area contributed by atoms with E-state index in [9.17, 15) is 0 Å². The molecular formula is C11H16N4O. The molecule has 0 bridgehead atoms. The zero-order valence-corrected chi connectivity index (χ0v) is 9.30. The van der Waals surface area contributed by atoms with Gasteiger partial charge in [-0.1, -0.05) is 17.3 Å². The number of amidine groups is 1. The summed E-state index contributed by atoms with van der Waals surface area (Å²) in [6.07, 6.45) is 0. The van der Waals surface area contributed by atoms with Gasteiger partial charge in [-0.25, -0.2) is 0 Å². The van der Waals surface area contributed by atoms with Gasteiger partial charge in [-0.3, -0.25) is 0 Å². The summed E-state index contributed by atoms with van der Waals surface area (Å²) < 4.78 is 0. The highest BCUT2D eigenvalue weighted by Gasteiger charge is 2.20. The van der Waals surface area contributed by atoms with Gasteiger partial charge in [0.15, 0.2) is 5.84 Å². The van der Waals surface area contributed by atoms with E-state index in [0.717, 1.165) is 18.8 Å². The van der Waals surface area contributed by atoms with Crippen LogP contribution in [-0.4, -0.2) is 37.7 Å². The van der Waals surface area contributed by atoms with Crippen LogP contribution in [0.25, 0.3) is 0 Å². The van der Waals surface area contributed by atoms with Crippen LogP contribution in [0.5, 0.6) is 0 Å². The Balaban J connectivity index is 2.28. The molecule has 0 radical (unpaired) electrons. The first-order valence-electron chi connectivity index (χ1n) is 5.24. The first-order chi connectivity index (χ1) is 7.72. The molecule has 0 amide bonds. The predicted molar refractivity (Wildman–Crippen MR) is 65.3 cm³/mol. The summed E-state index contributed by atoms with van der Waals surface area (Å²) >= 11 is 0. The number of benzene rings is 1. The van der Waals surface area contributed by atoms with Gasteiger partial charge in [-0.05, 0) is 12.1 Å². The van der Waals surface area contributed by atoms with Crippen molar-refractivity contribution in [2.45, 2.75) is 0 Å². The highest BCUT2D eigenvalue weighted by molar-refractivity contribution is 5.86. The Kier molecular flexibility index (Phi) is 2.85. The smallest absolute Gasteiger partial charge is 0.158 e. The molecule has 0 saturated heterocycles. The molecular weight excluding hydrogens is 204 g/mol. The van der Waals surface area contributed by atoms with E-state index in [1.165, 1.54) is 5.69 Å². The van der Waals surface area contributed by atoms with Gasteiger partial charge in [-0.15, -0.1) is 0 Å². The monoisotopic (exact) mass is 220 g/mol. The minimum atomic E-state index is 0.236. The van der Waals surface area contributed by atoms with Crippen molar-refractivity contribution in [3.8, 4) is 0 Å². The molecule has 0 aromatic heterocycles. The van der Waals surface area contributed by atoms with Crippen molar-refractivity contribution in [3.63, 3.8) is 0 Å². The maximum absolute atomic E-state index is 8.59. The Labute approximate surface area is 94.8 Å². The minimum absolute atomic E-state index is 0.236. The second-order valence-electron chi connectivity index (χ2n) is 3.92. The number of anilines is 2. The molecule has 0 saturated carbocycles. The largest absolute Gasteiger partial charge is 0.409 e. The van der Waals surface area contributed by atoms with Gasteiger partial charge in [-0.2, -0.15) is 0 Å². The first kappa shape index (κ1) is 10.6. The maximum atomic E-state index is 8.59. The third-order valence-electron chi connectivity index (χ3n) is 2.82. The van der Waals surface area contributed by atoms with E-state index >= 15 is 0 Å². The van der Waals surface area contributed by atoms with Crippen molar-refractivity contribution >= 4 is 17.2 Å².